The normalized spacial score (nSPS) is 17.3. The van der Waals surface area contributed by atoms with Crippen LogP contribution in [0.5, 0.6) is 0 Å². The van der Waals surface area contributed by atoms with E-state index in [-0.39, 0.29) is 16.8 Å². The number of hydrogen-bond acceptors (Lipinski definition) is 5. The van der Waals surface area contributed by atoms with Crippen LogP contribution < -0.4 is 10.0 Å². The van der Waals surface area contributed by atoms with Gasteiger partial charge in [0.25, 0.3) is 0 Å². The SMILES string of the molecule is Cc1cc(Nc2nn(C)c3ccc(S(=O)(=O)N[C@H]4CCOC4)cc23)ccc1F. The average molecular weight is 404 g/mol. The molecule has 148 valence electrons. The third-order valence-corrected chi connectivity index (χ3v) is 6.32. The third kappa shape index (κ3) is 3.60. The second-order valence-electron chi connectivity index (χ2n) is 6.92. The molecule has 1 aliphatic rings. The van der Waals surface area contributed by atoms with Crippen molar-refractivity contribution < 1.29 is 17.5 Å². The van der Waals surface area contributed by atoms with E-state index in [1.807, 2.05) is 0 Å². The van der Waals surface area contributed by atoms with E-state index in [4.69, 9.17) is 4.74 Å². The monoisotopic (exact) mass is 404 g/mol. The molecule has 1 aliphatic heterocycles. The smallest absolute Gasteiger partial charge is 0.240 e. The van der Waals surface area contributed by atoms with E-state index >= 15 is 0 Å². The number of hydrogen-bond donors (Lipinski definition) is 2. The number of nitrogens with zero attached hydrogens (tertiary/aromatic N) is 2. The third-order valence-electron chi connectivity index (χ3n) is 4.80. The van der Waals surface area contributed by atoms with Gasteiger partial charge in [0.1, 0.15) is 5.82 Å². The molecule has 1 aromatic heterocycles. The molecule has 2 aromatic carbocycles. The van der Waals surface area contributed by atoms with Gasteiger partial charge in [-0.1, -0.05) is 0 Å². The molecular weight excluding hydrogens is 383 g/mol. The second-order valence-corrected chi connectivity index (χ2v) is 8.64. The lowest BCUT2D eigenvalue weighted by atomic mass is 10.2. The number of aromatic nitrogens is 2. The molecule has 28 heavy (non-hydrogen) atoms. The van der Waals surface area contributed by atoms with Crippen molar-refractivity contribution in [2.24, 2.45) is 7.05 Å². The van der Waals surface area contributed by atoms with Crippen LogP contribution in [0.25, 0.3) is 10.9 Å². The van der Waals surface area contributed by atoms with Crippen LogP contribution in [0.15, 0.2) is 41.3 Å². The Morgan fingerprint density at radius 1 is 1.25 bits per heavy atom. The van der Waals surface area contributed by atoms with Gasteiger partial charge in [-0.3, -0.25) is 4.68 Å². The molecule has 1 fully saturated rings. The first-order valence-corrected chi connectivity index (χ1v) is 10.4. The fourth-order valence-electron chi connectivity index (χ4n) is 3.28. The highest BCUT2D eigenvalue weighted by Gasteiger charge is 2.24. The van der Waals surface area contributed by atoms with Crippen molar-refractivity contribution in [1.82, 2.24) is 14.5 Å². The first-order chi connectivity index (χ1) is 13.3. The van der Waals surface area contributed by atoms with Crippen LogP contribution in [-0.4, -0.2) is 37.5 Å². The summed E-state index contributed by atoms with van der Waals surface area (Å²) in [6.45, 7) is 2.62. The Labute approximate surface area is 162 Å². The summed E-state index contributed by atoms with van der Waals surface area (Å²) in [6.07, 6.45) is 0.658. The summed E-state index contributed by atoms with van der Waals surface area (Å²) in [5.41, 5.74) is 1.97. The Morgan fingerprint density at radius 2 is 2.07 bits per heavy atom. The zero-order valence-electron chi connectivity index (χ0n) is 15.6. The van der Waals surface area contributed by atoms with Crippen LogP contribution >= 0.6 is 0 Å². The van der Waals surface area contributed by atoms with E-state index in [9.17, 15) is 12.8 Å². The molecule has 3 aromatic rings. The summed E-state index contributed by atoms with van der Waals surface area (Å²) >= 11 is 0. The minimum absolute atomic E-state index is 0.165. The van der Waals surface area contributed by atoms with Gasteiger partial charge in [0, 0.05) is 30.8 Å². The molecular formula is C19H21FN4O3S. The zero-order chi connectivity index (χ0) is 19.9. The van der Waals surface area contributed by atoms with Crippen molar-refractivity contribution in [3.05, 3.63) is 47.8 Å². The number of ether oxygens (including phenoxy) is 1. The summed E-state index contributed by atoms with van der Waals surface area (Å²) in [5, 5.41) is 8.26. The number of aryl methyl sites for hydroxylation is 2. The minimum atomic E-state index is -3.67. The fraction of sp³-hybridized carbons (Fsp3) is 0.316. The summed E-state index contributed by atoms with van der Waals surface area (Å²) in [7, 11) is -1.89. The summed E-state index contributed by atoms with van der Waals surface area (Å²) in [5.74, 6) is 0.219. The van der Waals surface area contributed by atoms with Crippen LogP contribution in [-0.2, 0) is 21.8 Å². The van der Waals surface area contributed by atoms with Gasteiger partial charge in [0.2, 0.25) is 10.0 Å². The van der Waals surface area contributed by atoms with E-state index in [1.165, 1.54) is 6.07 Å². The van der Waals surface area contributed by atoms with Gasteiger partial charge in [-0.25, -0.2) is 17.5 Å². The van der Waals surface area contributed by atoms with Crippen LogP contribution in [0.3, 0.4) is 0 Å². The van der Waals surface area contributed by atoms with Gasteiger partial charge >= 0.3 is 0 Å². The standard InChI is InChI=1S/C19H21FN4O3S/c1-12-9-13(3-5-17(12)20)21-19-16-10-15(4-6-18(16)24(2)22-19)28(25,26)23-14-7-8-27-11-14/h3-6,9-10,14,23H,7-8,11H2,1-2H3,(H,21,22)/t14-/m0/s1. The van der Waals surface area contributed by atoms with E-state index in [0.717, 1.165) is 5.52 Å². The van der Waals surface area contributed by atoms with Crippen molar-refractivity contribution in [3.8, 4) is 0 Å². The Bertz CT molecular complexity index is 1140. The van der Waals surface area contributed by atoms with Crippen molar-refractivity contribution in [1.29, 1.82) is 0 Å². The van der Waals surface area contributed by atoms with Gasteiger partial charge in [0.15, 0.2) is 5.82 Å². The molecule has 0 bridgehead atoms. The number of anilines is 2. The molecule has 1 atom stereocenters. The topological polar surface area (TPSA) is 85.2 Å². The predicted octanol–water partition coefficient (Wildman–Crippen LogP) is 2.83. The van der Waals surface area contributed by atoms with Crippen molar-refractivity contribution >= 4 is 32.4 Å². The molecule has 0 aliphatic carbocycles. The Balaban J connectivity index is 1.70. The van der Waals surface area contributed by atoms with Crippen molar-refractivity contribution in [2.45, 2.75) is 24.3 Å². The van der Waals surface area contributed by atoms with Crippen LogP contribution in [0.1, 0.15) is 12.0 Å². The molecule has 2 N–H and O–H groups in total. The highest BCUT2D eigenvalue weighted by molar-refractivity contribution is 7.89. The van der Waals surface area contributed by atoms with E-state index in [1.54, 1.807) is 49.0 Å². The van der Waals surface area contributed by atoms with E-state index in [2.05, 4.69) is 15.1 Å². The number of halogens is 1. The van der Waals surface area contributed by atoms with Crippen LogP contribution in [0.2, 0.25) is 0 Å². The van der Waals surface area contributed by atoms with Crippen LogP contribution in [0.4, 0.5) is 15.9 Å². The molecule has 0 amide bonds. The lowest BCUT2D eigenvalue weighted by Gasteiger charge is -2.11. The van der Waals surface area contributed by atoms with Crippen LogP contribution in [0, 0.1) is 12.7 Å². The highest BCUT2D eigenvalue weighted by atomic mass is 32.2. The molecule has 9 heteroatoms. The molecule has 4 rings (SSSR count). The minimum Gasteiger partial charge on any atom is -0.380 e. The first-order valence-electron chi connectivity index (χ1n) is 8.93. The lowest BCUT2D eigenvalue weighted by Crippen LogP contribution is -2.34. The molecule has 0 saturated carbocycles. The van der Waals surface area contributed by atoms with Gasteiger partial charge in [-0.05, 0) is 55.3 Å². The van der Waals surface area contributed by atoms with Gasteiger partial charge < -0.3 is 10.1 Å². The largest absolute Gasteiger partial charge is 0.380 e. The molecule has 0 unspecified atom stereocenters. The second kappa shape index (κ2) is 7.16. The maximum atomic E-state index is 13.5. The number of nitrogens with one attached hydrogen (secondary N) is 2. The van der Waals surface area contributed by atoms with Gasteiger partial charge in [0.05, 0.1) is 17.0 Å². The maximum Gasteiger partial charge on any atom is 0.240 e. The quantitative estimate of drug-likeness (QED) is 0.683. The zero-order valence-corrected chi connectivity index (χ0v) is 16.4. The molecule has 7 nitrogen and oxygen atoms in total. The Kier molecular flexibility index (Phi) is 4.82. The summed E-state index contributed by atoms with van der Waals surface area (Å²) in [6, 6.07) is 9.35. The number of fused-ring (bicyclic) bond motifs is 1. The summed E-state index contributed by atoms with van der Waals surface area (Å²) < 4.78 is 48.6. The Morgan fingerprint density at radius 3 is 2.79 bits per heavy atom. The summed E-state index contributed by atoms with van der Waals surface area (Å²) in [4.78, 5) is 0.165. The van der Waals surface area contributed by atoms with Crippen molar-refractivity contribution in [3.63, 3.8) is 0 Å². The molecule has 2 heterocycles. The van der Waals surface area contributed by atoms with E-state index in [0.29, 0.717) is 42.1 Å². The maximum absolute atomic E-state index is 13.5. The lowest BCUT2D eigenvalue weighted by molar-refractivity contribution is 0.192. The molecule has 0 spiro atoms. The fourth-order valence-corrected chi connectivity index (χ4v) is 4.56. The molecule has 0 radical (unpaired) electrons. The van der Waals surface area contributed by atoms with Crippen molar-refractivity contribution in [2.75, 3.05) is 18.5 Å². The Hall–Kier alpha value is -2.49. The van der Waals surface area contributed by atoms with Gasteiger partial charge in [-0.2, -0.15) is 5.10 Å². The number of benzene rings is 2. The molecule has 1 saturated heterocycles. The number of sulfonamides is 1. The highest BCUT2D eigenvalue weighted by Crippen LogP contribution is 2.28. The average Bonchev–Trinajstić information content (AvgIpc) is 3.26. The predicted molar refractivity (Wildman–Crippen MR) is 105 cm³/mol. The first kappa shape index (κ1) is 18.9. The number of rotatable bonds is 5. The van der Waals surface area contributed by atoms with Gasteiger partial charge in [-0.15, -0.1) is 0 Å². The van der Waals surface area contributed by atoms with E-state index < -0.39 is 10.0 Å².